The first-order valence-corrected chi connectivity index (χ1v) is 10.3. The Morgan fingerprint density at radius 2 is 2.08 bits per heavy atom. The lowest BCUT2D eigenvalue weighted by Crippen LogP contribution is -2.38. The highest BCUT2D eigenvalue weighted by Gasteiger charge is 2.29. The van der Waals surface area contributed by atoms with Crippen molar-refractivity contribution in [2.45, 2.75) is 24.3 Å². The summed E-state index contributed by atoms with van der Waals surface area (Å²) < 4.78 is 11.1. The molecule has 4 rings (SSSR count). The highest BCUT2D eigenvalue weighted by atomic mass is 32.2. The number of ether oxygens (including phenoxy) is 2. The van der Waals surface area contributed by atoms with Gasteiger partial charge < -0.3 is 9.47 Å². The summed E-state index contributed by atoms with van der Waals surface area (Å²) in [5.41, 5.74) is 2.00. The first-order valence-electron chi connectivity index (χ1n) is 9.03. The number of likely N-dealkylation sites (tertiary alicyclic amines) is 1. The molecule has 0 saturated carbocycles. The molecule has 2 aromatic rings. The van der Waals surface area contributed by atoms with Crippen LogP contribution in [-0.4, -0.2) is 36.8 Å². The van der Waals surface area contributed by atoms with Gasteiger partial charge in [-0.25, -0.2) is 0 Å². The maximum absolute atomic E-state index is 13.1. The molecular weight excluding hydrogens is 346 g/mol. The number of rotatable bonds is 5. The van der Waals surface area contributed by atoms with Gasteiger partial charge in [-0.3, -0.25) is 9.69 Å². The number of para-hydroxylation sites is 1. The van der Waals surface area contributed by atoms with Crippen molar-refractivity contribution in [3.8, 4) is 11.5 Å². The average molecular weight is 369 g/mol. The number of hydrogen-bond donors (Lipinski definition) is 0. The molecule has 2 aliphatic rings. The fraction of sp³-hybridized carbons (Fsp3) is 0.381. The van der Waals surface area contributed by atoms with Crippen molar-refractivity contribution < 1.29 is 14.3 Å². The van der Waals surface area contributed by atoms with Crippen LogP contribution in [0.3, 0.4) is 0 Å². The van der Waals surface area contributed by atoms with Gasteiger partial charge in [0.15, 0.2) is 17.3 Å². The molecule has 0 aromatic heterocycles. The summed E-state index contributed by atoms with van der Waals surface area (Å²) in [4.78, 5) is 16.5. The molecule has 2 aliphatic heterocycles. The Bertz CT molecular complexity index is 808. The SMILES string of the molecule is CSc1ccccc1C(=O)C1CCCN(Cc2cccc3c2OCO3)C1. The van der Waals surface area contributed by atoms with Crippen LogP contribution in [0.4, 0.5) is 0 Å². The van der Waals surface area contributed by atoms with Gasteiger partial charge in [-0.15, -0.1) is 11.8 Å². The highest BCUT2D eigenvalue weighted by molar-refractivity contribution is 7.98. The number of ketones is 1. The lowest BCUT2D eigenvalue weighted by atomic mass is 9.89. The molecule has 0 aliphatic carbocycles. The molecule has 1 fully saturated rings. The molecule has 0 amide bonds. The molecule has 2 heterocycles. The van der Waals surface area contributed by atoms with Gasteiger partial charge in [-0.1, -0.05) is 30.3 Å². The number of nitrogens with zero attached hydrogens (tertiary/aromatic N) is 1. The van der Waals surface area contributed by atoms with Gasteiger partial charge in [0.25, 0.3) is 0 Å². The lowest BCUT2D eigenvalue weighted by molar-refractivity contribution is 0.0807. The van der Waals surface area contributed by atoms with E-state index in [1.54, 1.807) is 11.8 Å². The third kappa shape index (κ3) is 3.46. The number of thioether (sulfide) groups is 1. The van der Waals surface area contributed by atoms with E-state index in [9.17, 15) is 4.79 Å². The average Bonchev–Trinajstić information content (AvgIpc) is 3.17. The smallest absolute Gasteiger partial charge is 0.231 e. The molecule has 2 aromatic carbocycles. The van der Waals surface area contributed by atoms with Crippen LogP contribution in [-0.2, 0) is 6.54 Å². The second kappa shape index (κ2) is 7.72. The molecule has 136 valence electrons. The zero-order valence-electron chi connectivity index (χ0n) is 14.9. The van der Waals surface area contributed by atoms with E-state index in [0.29, 0.717) is 6.79 Å². The van der Waals surface area contributed by atoms with Gasteiger partial charge in [-0.2, -0.15) is 0 Å². The van der Waals surface area contributed by atoms with Crippen molar-refractivity contribution in [2.75, 3.05) is 26.1 Å². The third-order valence-corrected chi connectivity index (χ3v) is 5.92. The van der Waals surface area contributed by atoms with Crippen molar-refractivity contribution in [3.63, 3.8) is 0 Å². The first kappa shape index (κ1) is 17.4. The summed E-state index contributed by atoms with van der Waals surface area (Å²) in [6.07, 6.45) is 4.03. The van der Waals surface area contributed by atoms with Gasteiger partial charge in [0.1, 0.15) is 0 Å². The molecule has 4 nitrogen and oxygen atoms in total. The molecule has 0 bridgehead atoms. The summed E-state index contributed by atoms with van der Waals surface area (Å²) in [7, 11) is 0. The first-order chi connectivity index (χ1) is 12.8. The minimum atomic E-state index is 0.0611. The van der Waals surface area contributed by atoms with Gasteiger partial charge in [0, 0.05) is 35.0 Å². The maximum Gasteiger partial charge on any atom is 0.231 e. The van der Waals surface area contributed by atoms with Crippen LogP contribution in [0, 0.1) is 5.92 Å². The summed E-state index contributed by atoms with van der Waals surface area (Å²) in [6, 6.07) is 14.0. The van der Waals surface area contributed by atoms with Crippen LogP contribution in [0.1, 0.15) is 28.8 Å². The van der Waals surface area contributed by atoms with Crippen LogP contribution in [0.5, 0.6) is 11.5 Å². The summed E-state index contributed by atoms with van der Waals surface area (Å²) in [5.74, 6) is 2.01. The van der Waals surface area contributed by atoms with E-state index in [-0.39, 0.29) is 11.7 Å². The minimum Gasteiger partial charge on any atom is -0.454 e. The number of carbonyl (C=O) groups excluding carboxylic acids is 1. The fourth-order valence-electron chi connectivity index (χ4n) is 3.84. The van der Waals surface area contributed by atoms with E-state index >= 15 is 0 Å². The molecule has 0 radical (unpaired) electrons. The Labute approximate surface area is 158 Å². The Morgan fingerprint density at radius 1 is 1.19 bits per heavy atom. The number of fused-ring (bicyclic) bond motifs is 1. The molecule has 5 heteroatoms. The summed E-state index contributed by atoms with van der Waals surface area (Å²) >= 11 is 1.64. The van der Waals surface area contributed by atoms with Crippen molar-refractivity contribution >= 4 is 17.5 Å². The second-order valence-electron chi connectivity index (χ2n) is 6.79. The van der Waals surface area contributed by atoms with Gasteiger partial charge in [0.2, 0.25) is 6.79 Å². The fourth-order valence-corrected chi connectivity index (χ4v) is 4.44. The quantitative estimate of drug-likeness (QED) is 0.582. The monoisotopic (exact) mass is 369 g/mol. The third-order valence-electron chi connectivity index (χ3n) is 5.12. The molecule has 1 saturated heterocycles. The normalized spacial score (nSPS) is 19.5. The molecule has 0 N–H and O–H groups in total. The van der Waals surface area contributed by atoms with Crippen molar-refractivity contribution in [2.24, 2.45) is 5.92 Å². The summed E-state index contributed by atoms with van der Waals surface area (Å²) in [6.45, 7) is 2.89. The zero-order valence-corrected chi connectivity index (χ0v) is 15.8. The number of Topliss-reactive ketones (excluding diaryl/α,β-unsaturated/α-hetero) is 1. The van der Waals surface area contributed by atoms with E-state index in [4.69, 9.17) is 9.47 Å². The molecule has 1 unspecified atom stereocenters. The molecular formula is C21H23NO3S. The number of piperidine rings is 1. The predicted octanol–water partition coefficient (Wildman–Crippen LogP) is 4.23. The number of benzene rings is 2. The van der Waals surface area contributed by atoms with E-state index in [1.807, 2.05) is 42.7 Å². The van der Waals surface area contributed by atoms with Crippen LogP contribution >= 0.6 is 11.8 Å². The van der Waals surface area contributed by atoms with Gasteiger partial charge in [0.05, 0.1) is 0 Å². The topological polar surface area (TPSA) is 38.8 Å². The van der Waals surface area contributed by atoms with Gasteiger partial charge >= 0.3 is 0 Å². The van der Waals surface area contributed by atoms with Crippen LogP contribution in [0.15, 0.2) is 47.4 Å². The maximum atomic E-state index is 13.1. The largest absolute Gasteiger partial charge is 0.454 e. The lowest BCUT2D eigenvalue weighted by Gasteiger charge is -2.32. The number of hydrogen-bond acceptors (Lipinski definition) is 5. The Balaban J connectivity index is 1.48. The standard InChI is InChI=1S/C21H23NO3S/c1-26-19-10-3-2-8-17(19)20(23)15-7-5-11-22(12-15)13-16-6-4-9-18-21(16)25-14-24-18/h2-4,6,8-10,15H,5,7,11-14H2,1H3. The van der Waals surface area contributed by atoms with Gasteiger partial charge in [-0.05, 0) is 37.8 Å². The summed E-state index contributed by atoms with van der Waals surface area (Å²) in [5, 5.41) is 0. The minimum absolute atomic E-state index is 0.0611. The Kier molecular flexibility index (Phi) is 5.18. The number of carbonyl (C=O) groups is 1. The van der Waals surface area contributed by atoms with Crippen molar-refractivity contribution in [1.29, 1.82) is 0 Å². The van der Waals surface area contributed by atoms with Crippen LogP contribution < -0.4 is 9.47 Å². The van der Waals surface area contributed by atoms with E-state index in [0.717, 1.165) is 60.0 Å². The van der Waals surface area contributed by atoms with Crippen molar-refractivity contribution in [1.82, 2.24) is 4.90 Å². The molecule has 0 spiro atoms. The second-order valence-corrected chi connectivity index (χ2v) is 7.64. The van der Waals surface area contributed by atoms with Crippen molar-refractivity contribution in [3.05, 3.63) is 53.6 Å². The molecule has 1 atom stereocenters. The zero-order chi connectivity index (χ0) is 17.9. The molecule has 26 heavy (non-hydrogen) atoms. The highest BCUT2D eigenvalue weighted by Crippen LogP contribution is 2.36. The van der Waals surface area contributed by atoms with Crippen LogP contribution in [0.2, 0.25) is 0 Å². The Morgan fingerprint density at radius 3 is 2.96 bits per heavy atom. The van der Waals surface area contributed by atoms with E-state index in [1.165, 1.54) is 0 Å². The van der Waals surface area contributed by atoms with E-state index < -0.39 is 0 Å². The Hall–Kier alpha value is -1.98. The van der Waals surface area contributed by atoms with E-state index in [2.05, 4.69) is 11.0 Å². The van der Waals surface area contributed by atoms with Crippen LogP contribution in [0.25, 0.3) is 0 Å². The predicted molar refractivity (Wildman–Crippen MR) is 103 cm³/mol.